The van der Waals surface area contributed by atoms with Crippen LogP contribution in [0.15, 0.2) is 0 Å². The highest BCUT2D eigenvalue weighted by Gasteiger charge is 2.20. The molecule has 0 aliphatic carbocycles. The zero-order valence-electron chi connectivity index (χ0n) is 11.4. The Morgan fingerprint density at radius 2 is 1.84 bits per heavy atom. The molecule has 0 spiro atoms. The minimum Gasteiger partial charge on any atom is -0.480 e. The lowest BCUT2D eigenvalue weighted by atomic mass is 10.0. The Balaban J connectivity index is 3.87. The van der Waals surface area contributed by atoms with Gasteiger partial charge in [0.2, 0.25) is 5.91 Å². The number of primary amides is 1. The molecule has 0 aliphatic heterocycles. The molecule has 5 N–H and O–H groups in total. The number of carboxylic acid groups (broad SMARTS) is 1. The minimum atomic E-state index is -1.02. The lowest BCUT2D eigenvalue weighted by Gasteiger charge is -2.16. The zero-order chi connectivity index (χ0) is 14.8. The van der Waals surface area contributed by atoms with Crippen molar-refractivity contribution in [3.05, 3.63) is 0 Å². The molecule has 0 saturated heterocycles. The van der Waals surface area contributed by atoms with E-state index in [1.54, 1.807) is 0 Å². The quantitative estimate of drug-likeness (QED) is 0.455. The standard InChI is InChI=1S/C12H23N3O4/c1-8(2)7-9(11(17)18)15-10(16)5-3-4-6-14-12(13)19/h8-9H,3-7H2,1-2H3,(H,15,16)(H,17,18)(H3,13,14,19)/t9-/m0/s1. The van der Waals surface area contributed by atoms with Gasteiger partial charge in [0.1, 0.15) is 6.04 Å². The highest BCUT2D eigenvalue weighted by molar-refractivity contribution is 5.83. The van der Waals surface area contributed by atoms with E-state index in [9.17, 15) is 14.4 Å². The maximum atomic E-state index is 11.5. The number of rotatable bonds is 9. The predicted octanol–water partition coefficient (Wildman–Crippen LogP) is 0.441. The second-order valence-electron chi connectivity index (χ2n) is 4.84. The molecule has 7 nitrogen and oxygen atoms in total. The van der Waals surface area contributed by atoms with Crippen molar-refractivity contribution in [2.75, 3.05) is 6.54 Å². The Morgan fingerprint density at radius 1 is 1.21 bits per heavy atom. The summed E-state index contributed by atoms with van der Waals surface area (Å²) in [5, 5.41) is 13.9. The number of carbonyl (C=O) groups is 3. The highest BCUT2D eigenvalue weighted by Crippen LogP contribution is 2.05. The average Bonchev–Trinajstić information content (AvgIpc) is 2.26. The number of hydrogen-bond donors (Lipinski definition) is 4. The second kappa shape index (κ2) is 9.18. The van der Waals surface area contributed by atoms with Gasteiger partial charge >= 0.3 is 12.0 Å². The van der Waals surface area contributed by atoms with Gasteiger partial charge in [-0.25, -0.2) is 9.59 Å². The third-order valence-corrected chi connectivity index (χ3v) is 2.47. The molecule has 19 heavy (non-hydrogen) atoms. The van der Waals surface area contributed by atoms with Crippen LogP contribution in [-0.4, -0.2) is 35.6 Å². The normalized spacial score (nSPS) is 11.9. The summed E-state index contributed by atoms with van der Waals surface area (Å²) in [4.78, 5) is 32.9. The van der Waals surface area contributed by atoms with E-state index < -0.39 is 18.0 Å². The molecule has 0 saturated carbocycles. The van der Waals surface area contributed by atoms with E-state index in [0.29, 0.717) is 25.8 Å². The van der Waals surface area contributed by atoms with Gasteiger partial charge in [0.15, 0.2) is 0 Å². The summed E-state index contributed by atoms with van der Waals surface area (Å²) in [6.45, 7) is 4.21. The number of carbonyl (C=O) groups excluding carboxylic acids is 2. The molecule has 7 heteroatoms. The van der Waals surface area contributed by atoms with Crippen LogP contribution in [0.2, 0.25) is 0 Å². The fraction of sp³-hybridized carbons (Fsp3) is 0.750. The van der Waals surface area contributed by atoms with Crippen LogP contribution >= 0.6 is 0 Å². The summed E-state index contributed by atoms with van der Waals surface area (Å²) >= 11 is 0. The first-order valence-corrected chi connectivity index (χ1v) is 6.38. The van der Waals surface area contributed by atoms with Crippen molar-refractivity contribution in [2.45, 2.75) is 45.6 Å². The van der Waals surface area contributed by atoms with Gasteiger partial charge in [-0.05, 0) is 25.2 Å². The molecule has 110 valence electrons. The Hall–Kier alpha value is -1.79. The summed E-state index contributed by atoms with van der Waals surface area (Å²) < 4.78 is 0. The fourth-order valence-corrected chi connectivity index (χ4v) is 1.58. The van der Waals surface area contributed by atoms with Crippen molar-refractivity contribution in [2.24, 2.45) is 11.7 Å². The Bertz CT molecular complexity index is 318. The first-order valence-electron chi connectivity index (χ1n) is 6.38. The summed E-state index contributed by atoms with van der Waals surface area (Å²) in [5.41, 5.74) is 4.89. The molecule has 3 amide bonds. The van der Waals surface area contributed by atoms with Crippen molar-refractivity contribution >= 4 is 17.9 Å². The first-order chi connectivity index (χ1) is 8.82. The van der Waals surface area contributed by atoms with Crippen LogP contribution in [0.5, 0.6) is 0 Å². The molecule has 0 aromatic carbocycles. The lowest BCUT2D eigenvalue weighted by molar-refractivity contribution is -0.142. The molecule has 0 radical (unpaired) electrons. The molecule has 0 aromatic heterocycles. The van der Waals surface area contributed by atoms with Crippen molar-refractivity contribution in [1.29, 1.82) is 0 Å². The van der Waals surface area contributed by atoms with Gasteiger partial charge in [-0.15, -0.1) is 0 Å². The van der Waals surface area contributed by atoms with E-state index in [4.69, 9.17) is 10.8 Å². The van der Waals surface area contributed by atoms with Gasteiger partial charge < -0.3 is 21.5 Å². The summed E-state index contributed by atoms with van der Waals surface area (Å²) in [6, 6.07) is -1.43. The van der Waals surface area contributed by atoms with Gasteiger partial charge in [0, 0.05) is 13.0 Å². The maximum absolute atomic E-state index is 11.5. The van der Waals surface area contributed by atoms with Crippen LogP contribution < -0.4 is 16.4 Å². The topological polar surface area (TPSA) is 122 Å². The molecule has 0 bridgehead atoms. The number of amides is 3. The first kappa shape index (κ1) is 17.2. The number of urea groups is 1. The lowest BCUT2D eigenvalue weighted by Crippen LogP contribution is -2.41. The van der Waals surface area contributed by atoms with E-state index in [1.165, 1.54) is 0 Å². The van der Waals surface area contributed by atoms with Gasteiger partial charge in [-0.1, -0.05) is 13.8 Å². The van der Waals surface area contributed by atoms with Crippen molar-refractivity contribution < 1.29 is 19.5 Å². The predicted molar refractivity (Wildman–Crippen MR) is 70.5 cm³/mol. The van der Waals surface area contributed by atoms with E-state index >= 15 is 0 Å². The largest absolute Gasteiger partial charge is 0.480 e. The highest BCUT2D eigenvalue weighted by atomic mass is 16.4. The molecule has 1 atom stereocenters. The molecule has 0 fully saturated rings. The average molecular weight is 273 g/mol. The minimum absolute atomic E-state index is 0.196. The van der Waals surface area contributed by atoms with E-state index in [0.717, 1.165) is 0 Å². The van der Waals surface area contributed by atoms with Crippen molar-refractivity contribution in [3.8, 4) is 0 Å². The molecule has 0 aliphatic rings. The smallest absolute Gasteiger partial charge is 0.326 e. The monoisotopic (exact) mass is 273 g/mol. The Kier molecular flexibility index (Phi) is 8.32. The van der Waals surface area contributed by atoms with Gasteiger partial charge in [-0.2, -0.15) is 0 Å². The van der Waals surface area contributed by atoms with Gasteiger partial charge in [0.05, 0.1) is 0 Å². The Morgan fingerprint density at radius 3 is 2.32 bits per heavy atom. The van der Waals surface area contributed by atoms with Crippen LogP contribution in [0.3, 0.4) is 0 Å². The number of hydrogen-bond acceptors (Lipinski definition) is 3. The van der Waals surface area contributed by atoms with E-state index in [-0.39, 0.29) is 18.2 Å². The molecule has 0 unspecified atom stereocenters. The second-order valence-corrected chi connectivity index (χ2v) is 4.84. The van der Waals surface area contributed by atoms with Crippen LogP contribution in [0.1, 0.15) is 39.5 Å². The number of carboxylic acids is 1. The van der Waals surface area contributed by atoms with Crippen molar-refractivity contribution in [3.63, 3.8) is 0 Å². The van der Waals surface area contributed by atoms with E-state index in [1.807, 2.05) is 13.8 Å². The number of aliphatic carboxylic acids is 1. The molecule has 0 rings (SSSR count). The summed E-state index contributed by atoms with van der Waals surface area (Å²) in [5.74, 6) is -1.11. The van der Waals surface area contributed by atoms with Crippen molar-refractivity contribution in [1.82, 2.24) is 10.6 Å². The number of nitrogens with one attached hydrogen (secondary N) is 2. The van der Waals surface area contributed by atoms with Gasteiger partial charge in [0.25, 0.3) is 0 Å². The summed E-state index contributed by atoms with van der Waals surface area (Å²) in [7, 11) is 0. The molecular formula is C12H23N3O4. The molecule has 0 aromatic rings. The van der Waals surface area contributed by atoms with Crippen LogP contribution in [-0.2, 0) is 9.59 Å². The van der Waals surface area contributed by atoms with Crippen LogP contribution in [0.25, 0.3) is 0 Å². The Labute approximate surface area is 112 Å². The van der Waals surface area contributed by atoms with Crippen LogP contribution in [0.4, 0.5) is 4.79 Å². The maximum Gasteiger partial charge on any atom is 0.326 e. The molecule has 0 heterocycles. The van der Waals surface area contributed by atoms with E-state index in [2.05, 4.69) is 10.6 Å². The number of unbranched alkanes of at least 4 members (excludes halogenated alkanes) is 1. The zero-order valence-corrected chi connectivity index (χ0v) is 11.4. The summed E-state index contributed by atoms with van der Waals surface area (Å²) in [6.07, 6.45) is 1.84. The SMILES string of the molecule is CC(C)C[C@H](NC(=O)CCCCNC(N)=O)C(=O)O. The fourth-order valence-electron chi connectivity index (χ4n) is 1.58. The van der Waals surface area contributed by atoms with Crippen LogP contribution in [0, 0.1) is 5.92 Å². The van der Waals surface area contributed by atoms with Gasteiger partial charge in [-0.3, -0.25) is 4.79 Å². The third kappa shape index (κ3) is 9.87. The molecular weight excluding hydrogens is 250 g/mol. The number of nitrogens with two attached hydrogens (primary N) is 1. The third-order valence-electron chi connectivity index (χ3n) is 2.47.